The van der Waals surface area contributed by atoms with Crippen molar-refractivity contribution in [3.05, 3.63) is 118 Å². The van der Waals surface area contributed by atoms with Gasteiger partial charge >= 0.3 is 0 Å². The Bertz CT molecular complexity index is 1660. The number of carbonyl (C=O) groups is 1. The van der Waals surface area contributed by atoms with Crippen LogP contribution in [0.25, 0.3) is 27.8 Å². The van der Waals surface area contributed by atoms with Crippen molar-refractivity contribution in [2.45, 2.75) is 13.5 Å². The lowest BCUT2D eigenvalue weighted by Crippen LogP contribution is -2.14. The first-order valence-corrected chi connectivity index (χ1v) is 11.6. The average molecular weight is 476 g/mol. The number of aromatic nitrogens is 1. The molecule has 0 saturated carbocycles. The molecule has 0 unspecified atom stereocenters. The third-order valence-electron chi connectivity index (χ3n) is 6.10. The molecule has 0 aliphatic heterocycles. The second kappa shape index (κ2) is 9.50. The highest BCUT2D eigenvalue weighted by molar-refractivity contribution is 6.31. The van der Waals surface area contributed by atoms with Crippen LogP contribution in [0.5, 0.6) is 0 Å². The predicted molar refractivity (Wildman–Crippen MR) is 143 cm³/mol. The van der Waals surface area contributed by atoms with Crippen molar-refractivity contribution in [3.63, 3.8) is 0 Å². The SMILES string of the molecule is Cc1ccc(Cl)cc1NC(=O)C(C#N)=Cc1cn(Cc2ccc3ccccc3c2)c2ccccc12. The number of carbonyl (C=O) groups excluding carboxylic acids is 1. The monoisotopic (exact) mass is 475 g/mol. The van der Waals surface area contributed by atoms with E-state index in [0.29, 0.717) is 17.3 Å². The molecule has 5 aromatic rings. The Hall–Kier alpha value is -4.33. The fourth-order valence-electron chi connectivity index (χ4n) is 4.28. The Morgan fingerprint density at radius 3 is 2.60 bits per heavy atom. The highest BCUT2D eigenvalue weighted by Crippen LogP contribution is 2.26. The molecule has 35 heavy (non-hydrogen) atoms. The van der Waals surface area contributed by atoms with Gasteiger partial charge in [-0.25, -0.2) is 0 Å². The van der Waals surface area contributed by atoms with Crippen LogP contribution in [0, 0.1) is 18.3 Å². The summed E-state index contributed by atoms with van der Waals surface area (Å²) in [6, 6.07) is 30.1. The summed E-state index contributed by atoms with van der Waals surface area (Å²) in [6.45, 7) is 2.55. The maximum absolute atomic E-state index is 12.9. The quantitative estimate of drug-likeness (QED) is 0.213. The van der Waals surface area contributed by atoms with Crippen LogP contribution in [0.2, 0.25) is 5.02 Å². The summed E-state index contributed by atoms with van der Waals surface area (Å²) in [5.41, 5.74) is 4.51. The number of para-hydroxylation sites is 1. The molecule has 5 heteroatoms. The van der Waals surface area contributed by atoms with Gasteiger partial charge in [-0.3, -0.25) is 4.79 Å². The summed E-state index contributed by atoms with van der Waals surface area (Å²) in [5.74, 6) is -0.468. The van der Waals surface area contributed by atoms with Crippen LogP contribution in [0.1, 0.15) is 16.7 Å². The molecular weight excluding hydrogens is 454 g/mol. The lowest BCUT2D eigenvalue weighted by Gasteiger charge is -2.08. The molecule has 1 N–H and O–H groups in total. The number of benzene rings is 4. The van der Waals surface area contributed by atoms with Crippen molar-refractivity contribution >= 4 is 50.9 Å². The molecule has 0 bridgehead atoms. The molecule has 1 heterocycles. The van der Waals surface area contributed by atoms with Gasteiger partial charge in [0.25, 0.3) is 5.91 Å². The van der Waals surface area contributed by atoms with Crippen LogP contribution in [0.4, 0.5) is 5.69 Å². The van der Waals surface area contributed by atoms with Gasteiger partial charge in [0.15, 0.2) is 0 Å². The molecule has 0 atom stereocenters. The number of nitriles is 1. The van der Waals surface area contributed by atoms with Gasteiger partial charge in [0.2, 0.25) is 0 Å². The van der Waals surface area contributed by atoms with Gasteiger partial charge in [0.05, 0.1) is 0 Å². The van der Waals surface area contributed by atoms with Gasteiger partial charge in [-0.15, -0.1) is 0 Å². The zero-order valence-corrected chi connectivity index (χ0v) is 19.9. The van der Waals surface area contributed by atoms with Gasteiger partial charge in [-0.1, -0.05) is 72.3 Å². The second-order valence-electron chi connectivity index (χ2n) is 8.49. The van der Waals surface area contributed by atoms with E-state index in [1.165, 1.54) is 16.3 Å². The fraction of sp³-hybridized carbons (Fsp3) is 0.0667. The van der Waals surface area contributed by atoms with Crippen LogP contribution in [0.15, 0.2) is 96.7 Å². The number of nitrogens with zero attached hydrogens (tertiary/aromatic N) is 2. The van der Waals surface area contributed by atoms with Crippen molar-refractivity contribution in [2.24, 2.45) is 0 Å². The Morgan fingerprint density at radius 2 is 1.77 bits per heavy atom. The van der Waals surface area contributed by atoms with Gasteiger partial charge in [-0.05, 0) is 59.2 Å². The lowest BCUT2D eigenvalue weighted by molar-refractivity contribution is -0.112. The molecule has 170 valence electrons. The largest absolute Gasteiger partial charge is 0.342 e. The molecule has 0 fully saturated rings. The molecule has 4 nitrogen and oxygen atoms in total. The Kier molecular flexibility index (Phi) is 6.10. The first-order valence-electron chi connectivity index (χ1n) is 11.3. The van der Waals surface area contributed by atoms with Crippen LogP contribution in [-0.2, 0) is 11.3 Å². The number of rotatable bonds is 5. The van der Waals surface area contributed by atoms with E-state index in [0.717, 1.165) is 22.0 Å². The molecule has 0 radical (unpaired) electrons. The van der Waals surface area contributed by atoms with Crippen molar-refractivity contribution in [3.8, 4) is 6.07 Å². The number of anilines is 1. The maximum Gasteiger partial charge on any atom is 0.266 e. The molecule has 0 spiro atoms. The summed E-state index contributed by atoms with van der Waals surface area (Å²) < 4.78 is 2.15. The Morgan fingerprint density at radius 1 is 1.00 bits per heavy atom. The summed E-state index contributed by atoms with van der Waals surface area (Å²) in [4.78, 5) is 12.9. The zero-order valence-electron chi connectivity index (χ0n) is 19.1. The number of nitrogens with one attached hydrogen (secondary N) is 1. The third kappa shape index (κ3) is 4.68. The molecule has 0 saturated heterocycles. The lowest BCUT2D eigenvalue weighted by atomic mass is 10.1. The van der Waals surface area contributed by atoms with Gasteiger partial charge in [0.1, 0.15) is 11.6 Å². The Balaban J connectivity index is 1.49. The number of halogens is 1. The normalized spacial score (nSPS) is 11.5. The molecule has 4 aromatic carbocycles. The Labute approximate surface area is 208 Å². The van der Waals surface area contributed by atoms with Gasteiger partial charge in [-0.2, -0.15) is 5.26 Å². The second-order valence-corrected chi connectivity index (χ2v) is 8.93. The summed E-state index contributed by atoms with van der Waals surface area (Å²) in [5, 5.41) is 16.5. The predicted octanol–water partition coefficient (Wildman–Crippen LogP) is 7.35. The first-order chi connectivity index (χ1) is 17.0. The topological polar surface area (TPSA) is 57.8 Å². The molecule has 0 aliphatic carbocycles. The molecular formula is C30H22ClN3O. The van der Waals surface area contributed by atoms with E-state index in [4.69, 9.17) is 11.6 Å². The molecule has 0 aliphatic rings. The number of hydrogen-bond acceptors (Lipinski definition) is 2. The van der Waals surface area contributed by atoms with E-state index in [9.17, 15) is 10.1 Å². The highest BCUT2D eigenvalue weighted by atomic mass is 35.5. The van der Waals surface area contributed by atoms with Crippen molar-refractivity contribution in [1.82, 2.24) is 4.57 Å². The zero-order chi connectivity index (χ0) is 24.4. The standard InChI is InChI=1S/C30H22ClN3O/c1-20-10-13-26(31)16-28(20)33-30(35)24(17-32)15-25-19-34(29-9-5-4-8-27(25)29)18-21-11-12-22-6-2-3-7-23(22)14-21/h2-16,19H,18H2,1H3,(H,33,35). The molecule has 1 aromatic heterocycles. The maximum atomic E-state index is 12.9. The minimum absolute atomic E-state index is 0.0259. The van der Waals surface area contributed by atoms with Crippen LogP contribution in [-0.4, -0.2) is 10.5 Å². The number of amides is 1. The van der Waals surface area contributed by atoms with E-state index in [1.54, 1.807) is 18.2 Å². The smallest absolute Gasteiger partial charge is 0.266 e. The van der Waals surface area contributed by atoms with E-state index in [-0.39, 0.29) is 5.57 Å². The van der Waals surface area contributed by atoms with Crippen LogP contribution < -0.4 is 5.32 Å². The summed E-state index contributed by atoms with van der Waals surface area (Å²) >= 11 is 6.08. The summed E-state index contributed by atoms with van der Waals surface area (Å²) in [6.07, 6.45) is 3.64. The first kappa shape index (κ1) is 22.5. The molecule has 1 amide bonds. The van der Waals surface area contributed by atoms with E-state index < -0.39 is 5.91 Å². The van der Waals surface area contributed by atoms with Gasteiger partial charge < -0.3 is 9.88 Å². The van der Waals surface area contributed by atoms with Crippen molar-refractivity contribution in [1.29, 1.82) is 5.26 Å². The van der Waals surface area contributed by atoms with Crippen LogP contribution in [0.3, 0.4) is 0 Å². The highest BCUT2D eigenvalue weighted by Gasteiger charge is 2.14. The van der Waals surface area contributed by atoms with E-state index >= 15 is 0 Å². The van der Waals surface area contributed by atoms with E-state index in [2.05, 4.69) is 52.4 Å². The van der Waals surface area contributed by atoms with Crippen molar-refractivity contribution < 1.29 is 4.79 Å². The number of aryl methyl sites for hydroxylation is 1. The van der Waals surface area contributed by atoms with E-state index in [1.807, 2.05) is 49.5 Å². The third-order valence-corrected chi connectivity index (χ3v) is 6.33. The number of hydrogen-bond donors (Lipinski definition) is 1. The molecule has 5 rings (SSSR count). The number of fused-ring (bicyclic) bond motifs is 2. The van der Waals surface area contributed by atoms with Gasteiger partial charge in [0, 0.05) is 39.9 Å². The van der Waals surface area contributed by atoms with Crippen molar-refractivity contribution in [2.75, 3.05) is 5.32 Å². The average Bonchev–Trinajstić information content (AvgIpc) is 3.21. The summed E-state index contributed by atoms with van der Waals surface area (Å²) in [7, 11) is 0. The minimum atomic E-state index is -0.468. The fourth-order valence-corrected chi connectivity index (χ4v) is 4.45. The van der Waals surface area contributed by atoms with Crippen LogP contribution >= 0.6 is 11.6 Å². The minimum Gasteiger partial charge on any atom is -0.342 e.